The number of carbonyl (C=O) groups is 5. The third kappa shape index (κ3) is 8.77. The third-order valence-corrected chi connectivity index (χ3v) is 4.38. The number of carboxylic acid groups (broad SMARTS) is 1. The number of nitrogens with one attached hydrogen (secondary N) is 1. The maximum absolute atomic E-state index is 12.5. The molecule has 0 saturated heterocycles. The molecular weight excluding hydrogens is 406 g/mol. The first-order valence-corrected chi connectivity index (χ1v) is 10.2. The molecule has 0 spiro atoms. The third-order valence-electron chi connectivity index (χ3n) is 4.38. The lowest BCUT2D eigenvalue weighted by molar-refractivity contribution is -0.142. The molecule has 10 nitrogen and oxygen atoms in total. The van der Waals surface area contributed by atoms with E-state index in [2.05, 4.69) is 5.32 Å². The van der Waals surface area contributed by atoms with Crippen LogP contribution < -0.4 is 5.32 Å². The fraction of sp³-hybridized carbons (Fsp3) is 0.667. The maximum Gasteiger partial charge on any atom is 0.411 e. The van der Waals surface area contributed by atoms with Crippen LogP contribution in [0.25, 0.3) is 0 Å². The van der Waals surface area contributed by atoms with Crippen molar-refractivity contribution in [2.75, 3.05) is 13.1 Å². The Labute approximate surface area is 182 Å². The highest BCUT2D eigenvalue weighted by molar-refractivity contribution is 6.12. The molecule has 0 bridgehead atoms. The van der Waals surface area contributed by atoms with Gasteiger partial charge in [-0.1, -0.05) is 0 Å². The minimum atomic E-state index is -1.21. The lowest BCUT2D eigenvalue weighted by Crippen LogP contribution is -2.53. The van der Waals surface area contributed by atoms with Crippen LogP contribution in [-0.4, -0.2) is 75.0 Å². The number of hydrogen-bond acceptors (Lipinski definition) is 6. The number of nitrogens with zero attached hydrogens (tertiary/aromatic N) is 2. The smallest absolute Gasteiger partial charge is 0.411 e. The molecule has 0 fully saturated rings. The SMILES string of the molecule is CC(C)(C)OC(=O)N(CC(=O)N[C@@H](CCCCN1C(=O)C=CC1=O)C(=O)O)C(C)(C)C. The highest BCUT2D eigenvalue weighted by Gasteiger charge is 2.33. The predicted octanol–water partition coefficient (Wildman–Crippen LogP) is 1.69. The van der Waals surface area contributed by atoms with Crippen molar-refractivity contribution < 1.29 is 33.8 Å². The molecule has 2 N–H and O–H groups in total. The summed E-state index contributed by atoms with van der Waals surface area (Å²) in [5.74, 6) is -2.61. The van der Waals surface area contributed by atoms with Gasteiger partial charge in [-0.05, 0) is 60.8 Å². The van der Waals surface area contributed by atoms with Crippen LogP contribution in [0.15, 0.2) is 12.2 Å². The first kappa shape index (κ1) is 26.1. The second-order valence-electron chi connectivity index (χ2n) is 9.35. The summed E-state index contributed by atoms with van der Waals surface area (Å²) < 4.78 is 5.35. The van der Waals surface area contributed by atoms with Crippen molar-refractivity contribution in [2.24, 2.45) is 0 Å². The van der Waals surface area contributed by atoms with Gasteiger partial charge in [0.1, 0.15) is 18.2 Å². The van der Waals surface area contributed by atoms with Crippen molar-refractivity contribution >= 4 is 29.8 Å². The van der Waals surface area contributed by atoms with Crippen LogP contribution in [0, 0.1) is 0 Å². The average molecular weight is 440 g/mol. The lowest BCUT2D eigenvalue weighted by atomic mass is 10.1. The number of aliphatic carboxylic acids is 1. The summed E-state index contributed by atoms with van der Waals surface area (Å²) in [6.07, 6.45) is 2.61. The molecule has 4 amide bonds. The van der Waals surface area contributed by atoms with Crippen molar-refractivity contribution in [3.63, 3.8) is 0 Å². The Morgan fingerprint density at radius 1 is 1.06 bits per heavy atom. The monoisotopic (exact) mass is 439 g/mol. The Hall–Kier alpha value is -2.91. The highest BCUT2D eigenvalue weighted by atomic mass is 16.6. The largest absolute Gasteiger partial charge is 0.480 e. The summed E-state index contributed by atoms with van der Waals surface area (Å²) in [6.45, 7) is 10.2. The van der Waals surface area contributed by atoms with Crippen molar-refractivity contribution in [1.82, 2.24) is 15.1 Å². The van der Waals surface area contributed by atoms with E-state index in [0.29, 0.717) is 12.8 Å². The molecular formula is C21H33N3O7. The van der Waals surface area contributed by atoms with E-state index in [4.69, 9.17) is 4.74 Å². The first-order chi connectivity index (χ1) is 14.1. The molecule has 1 heterocycles. The van der Waals surface area contributed by atoms with E-state index in [0.717, 1.165) is 4.90 Å². The fourth-order valence-electron chi connectivity index (χ4n) is 2.80. The maximum atomic E-state index is 12.5. The molecule has 0 aliphatic carbocycles. The van der Waals surface area contributed by atoms with Crippen LogP contribution >= 0.6 is 0 Å². The molecule has 0 unspecified atom stereocenters. The van der Waals surface area contributed by atoms with Gasteiger partial charge < -0.3 is 15.2 Å². The van der Waals surface area contributed by atoms with Gasteiger partial charge in [-0.2, -0.15) is 0 Å². The molecule has 0 aromatic rings. The van der Waals surface area contributed by atoms with E-state index in [9.17, 15) is 29.1 Å². The van der Waals surface area contributed by atoms with Crippen LogP contribution in [0.2, 0.25) is 0 Å². The second kappa shape index (κ2) is 10.4. The van der Waals surface area contributed by atoms with E-state index in [1.54, 1.807) is 41.5 Å². The number of amides is 4. The van der Waals surface area contributed by atoms with Crippen LogP contribution in [0.1, 0.15) is 60.8 Å². The molecule has 1 aliphatic heterocycles. The number of hydrogen-bond donors (Lipinski definition) is 2. The van der Waals surface area contributed by atoms with E-state index in [1.807, 2.05) is 0 Å². The zero-order chi connectivity index (χ0) is 24.0. The number of unbranched alkanes of at least 4 members (excludes halogenated alkanes) is 1. The average Bonchev–Trinajstić information content (AvgIpc) is 2.91. The van der Waals surface area contributed by atoms with Gasteiger partial charge in [0.25, 0.3) is 11.8 Å². The number of carboxylic acids is 1. The quantitative estimate of drug-likeness (QED) is 0.412. The number of imide groups is 1. The van der Waals surface area contributed by atoms with Gasteiger partial charge >= 0.3 is 12.1 Å². The van der Waals surface area contributed by atoms with Crippen LogP contribution in [0.4, 0.5) is 4.79 Å². The zero-order valence-corrected chi connectivity index (χ0v) is 19.1. The van der Waals surface area contributed by atoms with Gasteiger partial charge in [0.2, 0.25) is 5.91 Å². The van der Waals surface area contributed by atoms with Crippen molar-refractivity contribution in [3.8, 4) is 0 Å². The number of carbonyl (C=O) groups excluding carboxylic acids is 4. The van der Waals surface area contributed by atoms with Crippen LogP contribution in [-0.2, 0) is 23.9 Å². The van der Waals surface area contributed by atoms with Gasteiger partial charge in [0.05, 0.1) is 0 Å². The molecule has 31 heavy (non-hydrogen) atoms. The molecule has 174 valence electrons. The minimum Gasteiger partial charge on any atom is -0.480 e. The minimum absolute atomic E-state index is 0.118. The molecule has 10 heteroatoms. The summed E-state index contributed by atoms with van der Waals surface area (Å²) in [5, 5.41) is 11.9. The standard InChI is InChI=1S/C21H33N3O7/c1-20(2,3)24(19(30)31-21(4,5)6)13-15(25)22-14(18(28)29)9-7-8-12-23-16(26)10-11-17(23)27/h10-11,14H,7-9,12-13H2,1-6H3,(H,22,25)(H,28,29)/t14-/m0/s1. The van der Waals surface area contributed by atoms with Crippen LogP contribution in [0.5, 0.6) is 0 Å². The molecule has 0 aromatic carbocycles. The summed E-state index contributed by atoms with van der Waals surface area (Å²) in [4.78, 5) is 61.9. The highest BCUT2D eigenvalue weighted by Crippen LogP contribution is 2.18. The Morgan fingerprint density at radius 2 is 1.61 bits per heavy atom. The van der Waals surface area contributed by atoms with Crippen molar-refractivity contribution in [1.29, 1.82) is 0 Å². The molecule has 1 aliphatic rings. The Morgan fingerprint density at radius 3 is 2.06 bits per heavy atom. The molecule has 0 radical (unpaired) electrons. The second-order valence-corrected chi connectivity index (χ2v) is 9.35. The number of ether oxygens (including phenoxy) is 1. The van der Waals surface area contributed by atoms with Crippen LogP contribution in [0.3, 0.4) is 0 Å². The Balaban J connectivity index is 2.62. The molecule has 0 saturated carbocycles. The van der Waals surface area contributed by atoms with Gasteiger partial charge in [-0.15, -0.1) is 0 Å². The van der Waals surface area contributed by atoms with Crippen molar-refractivity contribution in [2.45, 2.75) is 78.0 Å². The molecule has 1 rings (SSSR count). The fourth-order valence-corrected chi connectivity index (χ4v) is 2.80. The predicted molar refractivity (Wildman–Crippen MR) is 112 cm³/mol. The summed E-state index contributed by atoms with van der Waals surface area (Å²) in [7, 11) is 0. The normalized spacial score (nSPS) is 15.1. The summed E-state index contributed by atoms with van der Waals surface area (Å²) in [5.41, 5.74) is -1.46. The number of rotatable bonds is 9. The van der Waals surface area contributed by atoms with Gasteiger partial charge in [0, 0.05) is 24.2 Å². The summed E-state index contributed by atoms with van der Waals surface area (Å²) >= 11 is 0. The summed E-state index contributed by atoms with van der Waals surface area (Å²) in [6, 6.07) is -1.16. The van der Waals surface area contributed by atoms with Gasteiger partial charge in [-0.25, -0.2) is 9.59 Å². The topological polar surface area (TPSA) is 133 Å². The Bertz CT molecular complexity index is 729. The lowest BCUT2D eigenvalue weighted by Gasteiger charge is -2.36. The van der Waals surface area contributed by atoms with Crippen molar-refractivity contribution in [3.05, 3.63) is 12.2 Å². The van der Waals surface area contributed by atoms with Gasteiger partial charge in [-0.3, -0.25) is 24.2 Å². The zero-order valence-electron chi connectivity index (χ0n) is 19.1. The molecule has 0 aromatic heterocycles. The first-order valence-electron chi connectivity index (χ1n) is 10.2. The van der Waals surface area contributed by atoms with Gasteiger partial charge in [0.15, 0.2) is 0 Å². The molecule has 1 atom stereocenters. The van der Waals surface area contributed by atoms with E-state index in [1.165, 1.54) is 17.1 Å². The van der Waals surface area contributed by atoms with E-state index < -0.39 is 47.0 Å². The van der Waals surface area contributed by atoms with E-state index >= 15 is 0 Å². The van der Waals surface area contributed by atoms with E-state index in [-0.39, 0.29) is 19.5 Å². The Kier molecular flexibility index (Phi) is 8.77.